The first-order chi connectivity index (χ1) is 11.7. The van der Waals surface area contributed by atoms with E-state index in [4.69, 9.17) is 0 Å². The molecule has 1 heterocycles. The lowest BCUT2D eigenvalue weighted by molar-refractivity contribution is 0.0943. The van der Waals surface area contributed by atoms with Crippen molar-refractivity contribution < 1.29 is 9.18 Å². The Morgan fingerprint density at radius 3 is 2.54 bits per heavy atom. The summed E-state index contributed by atoms with van der Waals surface area (Å²) >= 11 is 1.23. The highest BCUT2D eigenvalue weighted by Crippen LogP contribution is 2.20. The van der Waals surface area contributed by atoms with E-state index in [2.05, 4.69) is 15.2 Å². The molecule has 3 rings (SSSR count). The third-order valence-electron chi connectivity index (χ3n) is 3.25. The number of halogens is 1. The van der Waals surface area contributed by atoms with Crippen molar-refractivity contribution in [3.8, 4) is 11.3 Å². The van der Waals surface area contributed by atoms with Gasteiger partial charge in [0.15, 0.2) is 0 Å². The third kappa shape index (κ3) is 3.98. The van der Waals surface area contributed by atoms with Crippen molar-refractivity contribution in [1.82, 2.24) is 15.2 Å². The Kier molecular flexibility index (Phi) is 5.20. The van der Waals surface area contributed by atoms with Crippen LogP contribution in [0.2, 0.25) is 0 Å². The lowest BCUT2D eigenvalue weighted by Crippen LogP contribution is -2.33. The molecule has 2 N–H and O–H groups in total. The van der Waals surface area contributed by atoms with Crippen LogP contribution in [0.5, 0.6) is 0 Å². The van der Waals surface area contributed by atoms with Crippen molar-refractivity contribution in [2.75, 3.05) is 0 Å². The van der Waals surface area contributed by atoms with Crippen molar-refractivity contribution in [1.29, 1.82) is 0 Å². The van der Waals surface area contributed by atoms with Crippen LogP contribution in [0.1, 0.15) is 10.4 Å². The number of carbonyl (C=O) groups excluding carboxylic acids is 1. The molecule has 0 radical (unpaired) electrons. The molecule has 0 fully saturated rings. The minimum Gasteiger partial charge on any atom is -0.277 e. The molecule has 0 atom stereocenters. The molecule has 2 aromatic carbocycles. The van der Waals surface area contributed by atoms with Gasteiger partial charge in [-0.2, -0.15) is 4.83 Å². The molecule has 0 saturated carbocycles. The number of hydrazine groups is 1. The van der Waals surface area contributed by atoms with Gasteiger partial charge in [-0.15, -0.1) is 0 Å². The van der Waals surface area contributed by atoms with E-state index in [1.807, 2.05) is 36.4 Å². The van der Waals surface area contributed by atoms with Crippen LogP contribution in [0.15, 0.2) is 77.8 Å². The number of aromatic nitrogens is 1. The molecule has 120 valence electrons. The van der Waals surface area contributed by atoms with Crippen molar-refractivity contribution >= 4 is 17.9 Å². The van der Waals surface area contributed by atoms with Gasteiger partial charge in [0, 0.05) is 16.7 Å². The van der Waals surface area contributed by atoms with Gasteiger partial charge in [-0.1, -0.05) is 24.3 Å². The highest BCUT2D eigenvalue weighted by Gasteiger charge is 2.13. The first-order valence-corrected chi connectivity index (χ1v) is 8.04. The summed E-state index contributed by atoms with van der Waals surface area (Å²) in [4.78, 5) is 20.1. The van der Waals surface area contributed by atoms with E-state index in [1.165, 1.54) is 24.1 Å². The number of carbonyl (C=O) groups is 1. The fourth-order valence-corrected chi connectivity index (χ4v) is 2.63. The summed E-state index contributed by atoms with van der Waals surface area (Å²) in [7, 11) is 0. The predicted octanol–water partition coefficient (Wildman–Crippen LogP) is 3.83. The van der Waals surface area contributed by atoms with Gasteiger partial charge >= 0.3 is 0 Å². The maximum atomic E-state index is 14.0. The van der Waals surface area contributed by atoms with Crippen molar-refractivity contribution in [3.05, 3.63) is 84.3 Å². The van der Waals surface area contributed by atoms with Crippen LogP contribution in [0, 0.1) is 5.82 Å². The Morgan fingerprint density at radius 1 is 1.00 bits per heavy atom. The number of hydrogen-bond donors (Lipinski definition) is 2. The zero-order valence-electron chi connectivity index (χ0n) is 12.6. The van der Waals surface area contributed by atoms with E-state index in [0.29, 0.717) is 11.3 Å². The highest BCUT2D eigenvalue weighted by atomic mass is 32.2. The number of rotatable bonds is 5. The average Bonchev–Trinajstić information content (AvgIpc) is 2.63. The molecule has 1 amide bonds. The fraction of sp³-hybridized carbons (Fsp3) is 0. The number of amides is 1. The summed E-state index contributed by atoms with van der Waals surface area (Å²) < 4.78 is 14.0. The summed E-state index contributed by atoms with van der Waals surface area (Å²) in [6.07, 6.45) is 1.65. The van der Waals surface area contributed by atoms with E-state index in [-0.39, 0.29) is 5.56 Å². The first-order valence-electron chi connectivity index (χ1n) is 7.22. The number of nitrogens with one attached hydrogen (secondary N) is 2. The van der Waals surface area contributed by atoms with Gasteiger partial charge in [0.2, 0.25) is 0 Å². The maximum absolute atomic E-state index is 14.0. The summed E-state index contributed by atoms with van der Waals surface area (Å²) in [6.45, 7) is 0. The van der Waals surface area contributed by atoms with E-state index in [0.717, 1.165) is 4.90 Å². The van der Waals surface area contributed by atoms with Crippen LogP contribution < -0.4 is 10.3 Å². The van der Waals surface area contributed by atoms with Gasteiger partial charge in [0.25, 0.3) is 5.91 Å². The SMILES string of the molecule is O=C(NNSc1ccccc1)c1cc(-c2ccccn2)ccc1F. The number of nitrogens with zero attached hydrogens (tertiary/aromatic N) is 1. The Morgan fingerprint density at radius 2 is 1.79 bits per heavy atom. The average molecular weight is 339 g/mol. The smallest absolute Gasteiger partial charge is 0.269 e. The molecule has 0 aliphatic carbocycles. The monoisotopic (exact) mass is 339 g/mol. The van der Waals surface area contributed by atoms with Crippen LogP contribution in [-0.4, -0.2) is 10.9 Å². The van der Waals surface area contributed by atoms with Crippen LogP contribution in [0.4, 0.5) is 4.39 Å². The van der Waals surface area contributed by atoms with Crippen molar-refractivity contribution in [2.24, 2.45) is 0 Å². The minimum atomic E-state index is -0.585. The molecule has 0 bridgehead atoms. The molecule has 0 aliphatic rings. The van der Waals surface area contributed by atoms with Gasteiger partial charge in [-0.25, -0.2) is 4.39 Å². The largest absolute Gasteiger partial charge is 0.277 e. The van der Waals surface area contributed by atoms with E-state index in [9.17, 15) is 9.18 Å². The summed E-state index contributed by atoms with van der Waals surface area (Å²) in [6, 6.07) is 19.3. The molecule has 1 aromatic heterocycles. The second-order valence-corrected chi connectivity index (χ2v) is 5.76. The molecular formula is C18H14FN3OS. The van der Waals surface area contributed by atoms with Gasteiger partial charge < -0.3 is 0 Å². The Hall–Kier alpha value is -2.70. The van der Waals surface area contributed by atoms with Crippen LogP contribution in [0.25, 0.3) is 11.3 Å². The van der Waals surface area contributed by atoms with Gasteiger partial charge in [0.1, 0.15) is 5.82 Å². The topological polar surface area (TPSA) is 54.0 Å². The predicted molar refractivity (Wildman–Crippen MR) is 92.5 cm³/mol. The number of hydrogen-bond acceptors (Lipinski definition) is 4. The number of benzene rings is 2. The summed E-state index contributed by atoms with van der Waals surface area (Å²) in [5.41, 5.74) is 3.80. The van der Waals surface area contributed by atoms with E-state index < -0.39 is 11.7 Å². The van der Waals surface area contributed by atoms with Gasteiger partial charge in [-0.05, 0) is 54.4 Å². The van der Waals surface area contributed by atoms with E-state index >= 15 is 0 Å². The van der Waals surface area contributed by atoms with Crippen LogP contribution >= 0.6 is 11.9 Å². The summed E-state index contributed by atoms with van der Waals surface area (Å²) in [5, 5.41) is 0. The standard InChI is InChI=1S/C18H14FN3OS/c19-16-10-9-13(17-8-4-5-11-20-17)12-15(16)18(23)21-22-24-14-6-2-1-3-7-14/h1-12,22H,(H,21,23). The highest BCUT2D eigenvalue weighted by molar-refractivity contribution is 7.97. The van der Waals surface area contributed by atoms with Crippen LogP contribution in [0.3, 0.4) is 0 Å². The zero-order chi connectivity index (χ0) is 16.8. The van der Waals surface area contributed by atoms with Crippen molar-refractivity contribution in [3.63, 3.8) is 0 Å². The van der Waals surface area contributed by atoms with Crippen LogP contribution in [-0.2, 0) is 0 Å². The lowest BCUT2D eigenvalue weighted by Gasteiger charge is -2.09. The molecule has 0 aliphatic heterocycles. The second kappa shape index (κ2) is 7.72. The second-order valence-electron chi connectivity index (χ2n) is 4.88. The Balaban J connectivity index is 1.70. The molecule has 0 spiro atoms. The van der Waals surface area contributed by atoms with Gasteiger partial charge in [0.05, 0.1) is 11.3 Å². The Labute approximate surface area is 143 Å². The quantitative estimate of drug-likeness (QED) is 0.548. The number of pyridine rings is 1. The molecule has 6 heteroatoms. The molecular weight excluding hydrogens is 325 g/mol. The Bertz CT molecular complexity index is 828. The molecule has 4 nitrogen and oxygen atoms in total. The van der Waals surface area contributed by atoms with Gasteiger partial charge in [-0.3, -0.25) is 15.2 Å². The molecule has 3 aromatic rings. The first kappa shape index (κ1) is 16.2. The normalized spacial score (nSPS) is 10.4. The minimum absolute atomic E-state index is 0.0423. The molecule has 0 saturated heterocycles. The van der Waals surface area contributed by atoms with E-state index in [1.54, 1.807) is 24.4 Å². The maximum Gasteiger partial charge on any atom is 0.269 e. The lowest BCUT2D eigenvalue weighted by atomic mass is 10.1. The fourth-order valence-electron chi connectivity index (χ4n) is 2.08. The molecule has 24 heavy (non-hydrogen) atoms. The molecule has 0 unspecified atom stereocenters. The zero-order valence-corrected chi connectivity index (χ0v) is 13.4. The summed E-state index contributed by atoms with van der Waals surface area (Å²) in [5.74, 6) is -1.13. The third-order valence-corrected chi connectivity index (χ3v) is 3.96. The van der Waals surface area contributed by atoms with Crippen molar-refractivity contribution in [2.45, 2.75) is 4.90 Å².